The number of hydrogen-bond donors (Lipinski definition) is 2. The van der Waals surface area contributed by atoms with E-state index in [0.717, 1.165) is 52.5 Å². The van der Waals surface area contributed by atoms with Crippen LogP contribution in [0.25, 0.3) is 0 Å². The third kappa shape index (κ3) is 15.7. The van der Waals surface area contributed by atoms with Gasteiger partial charge in [-0.15, -0.1) is 0 Å². The van der Waals surface area contributed by atoms with E-state index in [1.165, 1.54) is 0 Å². The second kappa shape index (κ2) is 13.7. The molecule has 1 aliphatic heterocycles. The average molecular weight is 437 g/mol. The molecule has 0 atom stereocenters. The first kappa shape index (κ1) is 27.3. The molecule has 1 rings (SSSR count). The van der Waals surface area contributed by atoms with Gasteiger partial charge in [0.05, 0.1) is 13.2 Å². The molecule has 1 heterocycles. The lowest BCUT2D eigenvalue weighted by molar-refractivity contribution is -0.117. The normalized spacial score (nSPS) is 16.4. The lowest BCUT2D eigenvalue weighted by atomic mass is 9.96. The van der Waals surface area contributed by atoms with Crippen molar-refractivity contribution < 1.29 is 14.3 Å². The number of carbonyl (C=O) groups is 2. The summed E-state index contributed by atoms with van der Waals surface area (Å²) in [4.78, 5) is 28.7. The first-order valence-corrected chi connectivity index (χ1v) is 11.4. The van der Waals surface area contributed by atoms with E-state index in [1.807, 2.05) is 12.2 Å². The van der Waals surface area contributed by atoms with Gasteiger partial charge in [0.15, 0.2) is 0 Å². The lowest BCUT2D eigenvalue weighted by Gasteiger charge is -2.30. The van der Waals surface area contributed by atoms with Crippen LogP contribution in [0.1, 0.15) is 41.5 Å². The molecule has 0 aliphatic carbocycles. The van der Waals surface area contributed by atoms with Gasteiger partial charge in [0.25, 0.3) is 0 Å². The van der Waals surface area contributed by atoms with E-state index in [9.17, 15) is 9.59 Å². The summed E-state index contributed by atoms with van der Waals surface area (Å²) in [6.45, 7) is 20.4. The van der Waals surface area contributed by atoms with Crippen molar-refractivity contribution in [3.05, 3.63) is 24.3 Å². The third-order valence-corrected chi connectivity index (χ3v) is 4.76. The van der Waals surface area contributed by atoms with Crippen LogP contribution in [0.4, 0.5) is 0 Å². The molecular formula is C24H44N4O3. The molecule has 2 amide bonds. The zero-order chi connectivity index (χ0) is 23.3. The molecule has 0 saturated carbocycles. The van der Waals surface area contributed by atoms with E-state index in [4.69, 9.17) is 4.74 Å². The molecule has 0 bridgehead atoms. The van der Waals surface area contributed by atoms with Crippen LogP contribution < -0.4 is 10.6 Å². The molecule has 7 nitrogen and oxygen atoms in total. The van der Waals surface area contributed by atoms with Crippen molar-refractivity contribution in [1.29, 1.82) is 0 Å². The summed E-state index contributed by atoms with van der Waals surface area (Å²) < 4.78 is 5.42. The van der Waals surface area contributed by atoms with Crippen LogP contribution in [0.3, 0.4) is 0 Å². The van der Waals surface area contributed by atoms with E-state index in [2.05, 4.69) is 62.0 Å². The van der Waals surface area contributed by atoms with E-state index < -0.39 is 0 Å². The zero-order valence-electron chi connectivity index (χ0n) is 20.5. The Balaban J connectivity index is 2.46. The molecule has 2 N–H and O–H groups in total. The Bertz CT molecular complexity index is 555. The van der Waals surface area contributed by atoms with Gasteiger partial charge in [0.1, 0.15) is 0 Å². The van der Waals surface area contributed by atoms with Gasteiger partial charge in [-0.1, -0.05) is 53.7 Å². The molecular weight excluding hydrogens is 392 g/mol. The van der Waals surface area contributed by atoms with Gasteiger partial charge >= 0.3 is 0 Å². The number of ether oxygens (including phenoxy) is 1. The Kier molecular flexibility index (Phi) is 12.0. The van der Waals surface area contributed by atoms with Crippen LogP contribution in [-0.2, 0) is 14.3 Å². The average Bonchev–Trinajstić information content (AvgIpc) is 2.68. The van der Waals surface area contributed by atoms with E-state index >= 15 is 0 Å². The van der Waals surface area contributed by atoms with Crippen LogP contribution in [0.5, 0.6) is 0 Å². The maximum Gasteiger partial charge on any atom is 0.243 e. The van der Waals surface area contributed by atoms with Gasteiger partial charge in [-0.3, -0.25) is 19.4 Å². The Hall–Kier alpha value is -1.70. The predicted octanol–water partition coefficient (Wildman–Crippen LogP) is 2.06. The van der Waals surface area contributed by atoms with E-state index in [-0.39, 0.29) is 22.6 Å². The summed E-state index contributed by atoms with van der Waals surface area (Å²) in [5.74, 6) is -0.132. The van der Waals surface area contributed by atoms with Crippen LogP contribution in [0, 0.1) is 10.8 Å². The number of carbonyl (C=O) groups excluding carboxylic acids is 2. The number of hydrogen-bond acceptors (Lipinski definition) is 5. The summed E-state index contributed by atoms with van der Waals surface area (Å²) in [6, 6.07) is 0. The van der Waals surface area contributed by atoms with Crippen molar-refractivity contribution in [3.8, 4) is 0 Å². The van der Waals surface area contributed by atoms with Crippen molar-refractivity contribution in [2.45, 2.75) is 41.5 Å². The highest BCUT2D eigenvalue weighted by atomic mass is 16.5. The lowest BCUT2D eigenvalue weighted by Crippen LogP contribution is -2.45. The largest absolute Gasteiger partial charge is 0.379 e. The second-order valence-corrected chi connectivity index (χ2v) is 10.3. The highest BCUT2D eigenvalue weighted by molar-refractivity contribution is 5.87. The van der Waals surface area contributed by atoms with E-state index in [1.54, 1.807) is 12.2 Å². The quantitative estimate of drug-likeness (QED) is 0.485. The number of rotatable bonds is 11. The highest BCUT2D eigenvalue weighted by Gasteiger charge is 2.13. The number of amides is 2. The SMILES string of the molecule is CC(C)(C)/C=C\C(=O)NCCN(CCNC(=O)/C=C\C(C)(C)C)CCN1CCOCC1. The first-order valence-electron chi connectivity index (χ1n) is 11.4. The second-order valence-electron chi connectivity index (χ2n) is 10.3. The molecule has 7 heteroatoms. The Morgan fingerprint density at radius 3 is 1.71 bits per heavy atom. The summed E-state index contributed by atoms with van der Waals surface area (Å²) in [7, 11) is 0. The van der Waals surface area contributed by atoms with Crippen LogP contribution >= 0.6 is 0 Å². The molecule has 0 aromatic heterocycles. The van der Waals surface area contributed by atoms with Crippen molar-refractivity contribution >= 4 is 11.8 Å². The van der Waals surface area contributed by atoms with Crippen LogP contribution in [-0.4, -0.2) is 87.2 Å². The zero-order valence-corrected chi connectivity index (χ0v) is 20.5. The Morgan fingerprint density at radius 1 is 0.839 bits per heavy atom. The van der Waals surface area contributed by atoms with Crippen LogP contribution in [0.2, 0.25) is 0 Å². The molecule has 178 valence electrons. The number of nitrogens with one attached hydrogen (secondary N) is 2. The molecule has 0 unspecified atom stereocenters. The van der Waals surface area contributed by atoms with Gasteiger partial charge in [0, 0.05) is 52.4 Å². The maximum atomic E-state index is 12.0. The van der Waals surface area contributed by atoms with Crippen molar-refractivity contribution in [1.82, 2.24) is 20.4 Å². The van der Waals surface area contributed by atoms with Gasteiger partial charge in [-0.05, 0) is 23.0 Å². The first-order chi connectivity index (χ1) is 14.4. The maximum absolute atomic E-state index is 12.0. The monoisotopic (exact) mass is 436 g/mol. The number of nitrogens with zero attached hydrogens (tertiary/aromatic N) is 2. The minimum absolute atomic E-state index is 0.0127. The fourth-order valence-electron chi connectivity index (χ4n) is 2.89. The highest BCUT2D eigenvalue weighted by Crippen LogP contribution is 2.14. The fourth-order valence-corrected chi connectivity index (χ4v) is 2.89. The minimum atomic E-state index is -0.0660. The Labute approximate surface area is 189 Å². The Morgan fingerprint density at radius 2 is 1.29 bits per heavy atom. The number of morpholine rings is 1. The van der Waals surface area contributed by atoms with Crippen molar-refractivity contribution in [2.75, 3.05) is 65.6 Å². The van der Waals surface area contributed by atoms with Gasteiger partial charge in [-0.25, -0.2) is 0 Å². The summed E-state index contributed by atoms with van der Waals surface area (Å²) in [6.07, 6.45) is 7.05. The smallest absolute Gasteiger partial charge is 0.243 e. The molecule has 1 fully saturated rings. The van der Waals surface area contributed by atoms with Gasteiger partial charge in [0.2, 0.25) is 11.8 Å². The van der Waals surface area contributed by atoms with Crippen molar-refractivity contribution in [2.24, 2.45) is 10.8 Å². The summed E-state index contributed by atoms with van der Waals surface area (Å²) in [5, 5.41) is 5.92. The molecule has 0 aromatic carbocycles. The third-order valence-electron chi connectivity index (χ3n) is 4.76. The number of allylic oxidation sites excluding steroid dienone is 2. The molecule has 1 saturated heterocycles. The molecule has 0 radical (unpaired) electrons. The van der Waals surface area contributed by atoms with Crippen LogP contribution in [0.15, 0.2) is 24.3 Å². The van der Waals surface area contributed by atoms with Gasteiger partial charge in [-0.2, -0.15) is 0 Å². The molecule has 31 heavy (non-hydrogen) atoms. The summed E-state index contributed by atoms with van der Waals surface area (Å²) >= 11 is 0. The standard InChI is InChI=1S/C24H44N4O3/c1-23(2,3)9-7-21(29)25-11-13-27(15-16-28-17-19-31-20-18-28)14-12-26-22(30)8-10-24(4,5)6/h7-10H,11-20H2,1-6H3,(H,25,29)(H,26,30)/b9-7-,10-8-. The molecule has 1 aliphatic rings. The summed E-state index contributed by atoms with van der Waals surface area (Å²) in [5.41, 5.74) is -0.0254. The topological polar surface area (TPSA) is 73.9 Å². The fraction of sp³-hybridized carbons (Fsp3) is 0.750. The van der Waals surface area contributed by atoms with Gasteiger partial charge < -0.3 is 15.4 Å². The molecule has 0 aromatic rings. The minimum Gasteiger partial charge on any atom is -0.379 e. The van der Waals surface area contributed by atoms with E-state index in [0.29, 0.717) is 13.1 Å². The van der Waals surface area contributed by atoms with Crippen molar-refractivity contribution in [3.63, 3.8) is 0 Å². The predicted molar refractivity (Wildman–Crippen MR) is 127 cm³/mol. The molecule has 0 spiro atoms.